The van der Waals surface area contributed by atoms with Crippen molar-refractivity contribution in [1.29, 1.82) is 0 Å². The maximum absolute atomic E-state index is 14.3. The number of amides is 11. The lowest BCUT2D eigenvalue weighted by Gasteiger charge is -2.28. The fraction of sp³-hybridized carbons (Fsp3) is 0.638. The van der Waals surface area contributed by atoms with Gasteiger partial charge in [0.15, 0.2) is 5.96 Å². The number of nitrogens with zero attached hydrogens (tertiary/aromatic N) is 2. The van der Waals surface area contributed by atoms with Gasteiger partial charge in [-0.3, -0.25) is 62.5 Å². The summed E-state index contributed by atoms with van der Waals surface area (Å²) in [7, 11) is 0. The average Bonchev–Trinajstić information content (AvgIpc) is 3.84. The highest BCUT2D eigenvalue weighted by Crippen LogP contribution is 2.13. The van der Waals surface area contributed by atoms with Crippen LogP contribution in [0.1, 0.15) is 111 Å². The van der Waals surface area contributed by atoms with E-state index in [4.69, 9.17) is 34.4 Å². The lowest BCUT2D eigenvalue weighted by atomic mass is 10.00. The minimum Gasteiger partial charge on any atom is -0.481 e. The van der Waals surface area contributed by atoms with Crippen LogP contribution < -0.4 is 76.9 Å². The molecule has 0 unspecified atom stereocenters. The molecule has 1 heterocycles. The maximum Gasteiger partial charge on any atom is 0.326 e. The molecule has 1 aromatic heterocycles. The van der Waals surface area contributed by atoms with E-state index in [1.54, 1.807) is 27.7 Å². The molecular weight excluding hydrogens is 1040 g/mol. The minimum absolute atomic E-state index is 0.0145. The van der Waals surface area contributed by atoms with Crippen LogP contribution >= 0.6 is 0 Å². The third-order valence-electron chi connectivity index (χ3n) is 11.3. The summed E-state index contributed by atoms with van der Waals surface area (Å²) in [6, 6.07) is -14.2. The molecule has 9 atom stereocenters. The number of carboxylic acid groups (broad SMARTS) is 2. The van der Waals surface area contributed by atoms with Crippen molar-refractivity contribution in [2.45, 2.75) is 167 Å². The zero-order valence-corrected chi connectivity index (χ0v) is 45.1. The lowest BCUT2D eigenvalue weighted by Crippen LogP contribution is -2.61. The Morgan fingerprint density at radius 2 is 0.873 bits per heavy atom. The van der Waals surface area contributed by atoms with Gasteiger partial charge in [0.05, 0.1) is 31.6 Å². The van der Waals surface area contributed by atoms with E-state index in [0.29, 0.717) is 5.69 Å². The largest absolute Gasteiger partial charge is 0.481 e. The second-order valence-corrected chi connectivity index (χ2v) is 20.0. The number of carbonyl (C=O) groups is 13. The van der Waals surface area contributed by atoms with E-state index in [9.17, 15) is 72.5 Å². The first-order valence-corrected chi connectivity index (χ1v) is 25.3. The third-order valence-corrected chi connectivity index (χ3v) is 11.3. The van der Waals surface area contributed by atoms with Crippen molar-refractivity contribution >= 4 is 82.9 Å². The van der Waals surface area contributed by atoms with Gasteiger partial charge in [-0.15, -0.1) is 0 Å². The summed E-state index contributed by atoms with van der Waals surface area (Å²) in [5.74, 6) is -15.6. The van der Waals surface area contributed by atoms with Gasteiger partial charge in [0.2, 0.25) is 65.0 Å². The number of primary amides is 3. The smallest absolute Gasteiger partial charge is 0.326 e. The van der Waals surface area contributed by atoms with Crippen LogP contribution in [-0.4, -0.2) is 164 Å². The van der Waals surface area contributed by atoms with Gasteiger partial charge in [0.1, 0.15) is 48.3 Å². The molecule has 0 spiro atoms. The molecule has 79 heavy (non-hydrogen) atoms. The van der Waals surface area contributed by atoms with Crippen LogP contribution in [-0.2, 0) is 68.7 Å². The van der Waals surface area contributed by atoms with Crippen molar-refractivity contribution in [3.8, 4) is 0 Å². The van der Waals surface area contributed by atoms with E-state index in [1.165, 1.54) is 12.5 Å². The molecule has 1 rings (SSSR count). The highest BCUT2D eigenvalue weighted by Gasteiger charge is 2.37. The number of carbonyl (C=O) groups excluding carboxylic acids is 11. The predicted molar refractivity (Wildman–Crippen MR) is 280 cm³/mol. The van der Waals surface area contributed by atoms with Gasteiger partial charge in [0, 0.05) is 31.3 Å². The third kappa shape index (κ3) is 28.0. The van der Waals surface area contributed by atoms with Gasteiger partial charge in [-0.25, -0.2) is 9.78 Å². The monoisotopic (exact) mass is 1120 g/mol. The quantitative estimate of drug-likeness (QED) is 0.0166. The highest BCUT2D eigenvalue weighted by atomic mass is 16.4. The molecule has 0 fully saturated rings. The molecule has 0 saturated heterocycles. The van der Waals surface area contributed by atoms with E-state index in [2.05, 4.69) is 52.2 Å². The summed E-state index contributed by atoms with van der Waals surface area (Å²) in [6.07, 6.45) is -1.36. The Balaban J connectivity index is 3.61. The van der Waals surface area contributed by atoms with Crippen LogP contribution in [0, 0.1) is 17.8 Å². The second kappa shape index (κ2) is 34.3. The predicted octanol–water partition coefficient (Wildman–Crippen LogP) is -6.07. The molecule has 11 amide bonds. The van der Waals surface area contributed by atoms with E-state index < -0.39 is 163 Å². The topological polar surface area (TPSA) is 556 Å². The molecular formula is C47H79N17O15. The van der Waals surface area contributed by atoms with Crippen molar-refractivity contribution in [3.63, 3.8) is 0 Å². The fourth-order valence-corrected chi connectivity index (χ4v) is 7.56. The average molecular weight is 1120 g/mol. The van der Waals surface area contributed by atoms with Crippen molar-refractivity contribution < 1.29 is 72.5 Å². The number of nitrogens with one attached hydrogen (secondary N) is 9. The number of aromatic nitrogens is 2. The number of nitrogens with two attached hydrogens (primary N) is 6. The maximum atomic E-state index is 14.3. The minimum atomic E-state index is -1.92. The zero-order valence-electron chi connectivity index (χ0n) is 45.1. The van der Waals surface area contributed by atoms with E-state index >= 15 is 0 Å². The van der Waals surface area contributed by atoms with Gasteiger partial charge >= 0.3 is 11.9 Å². The number of aliphatic carboxylic acids is 2. The van der Waals surface area contributed by atoms with Crippen molar-refractivity contribution in [2.24, 2.45) is 57.1 Å². The molecule has 0 aliphatic heterocycles. The lowest BCUT2D eigenvalue weighted by molar-refractivity contribution is -0.144. The number of imidazole rings is 1. The van der Waals surface area contributed by atoms with Crippen LogP contribution in [0.15, 0.2) is 17.5 Å². The molecule has 0 aliphatic carbocycles. The molecule has 23 N–H and O–H groups in total. The number of rotatable bonds is 38. The number of H-pyrrole nitrogens is 1. The normalized spacial score (nSPS) is 14.5. The molecule has 0 bridgehead atoms. The van der Waals surface area contributed by atoms with Gasteiger partial charge < -0.3 is 92.1 Å². The van der Waals surface area contributed by atoms with E-state index in [1.807, 2.05) is 19.2 Å². The second-order valence-electron chi connectivity index (χ2n) is 20.0. The summed E-state index contributed by atoms with van der Waals surface area (Å²) in [6.45, 7) is 10.5. The Hall–Kier alpha value is -8.45. The standard InChI is InChI=1S/C47H79N17O15/c1-21(2)12-25(48)38(70)57-26(8-7-11-55-47(52)53)39(71)58-27(9-10-37(68)69)40(72)59-28(13-22(3)4)41(73)61-30(15-24-19-54-20-56-24)43(75)60-29(14-23(5)6)42(74)62-31(16-34(49)65)44(76)63-32(17-35(50)66)45(77)64-33(46(78)79)18-36(51)67/h19-23,25-33H,7-18,48H2,1-6H3,(H2,49,65)(H2,50,66)(H2,51,67)(H,54,56)(H,57,70)(H,58,71)(H,59,72)(H,60,75)(H,61,73)(H,62,74)(H,63,76)(H,64,77)(H,68,69)(H,78,79)(H4,52,53,55)/t25-,26-,27-,28-,29-,30-,31-,32-,33-/m0/s1. The molecule has 442 valence electrons. The Morgan fingerprint density at radius 3 is 1.28 bits per heavy atom. The first kappa shape index (κ1) is 68.6. The van der Waals surface area contributed by atoms with Crippen molar-refractivity contribution in [2.75, 3.05) is 6.54 Å². The summed E-state index contributed by atoms with van der Waals surface area (Å²) >= 11 is 0. The summed E-state index contributed by atoms with van der Waals surface area (Å²) < 4.78 is 0. The number of aliphatic imine (C=N–C) groups is 1. The number of hydrogen-bond acceptors (Lipinski definition) is 16. The van der Waals surface area contributed by atoms with Gasteiger partial charge in [-0.05, 0) is 56.3 Å². The van der Waals surface area contributed by atoms with Gasteiger partial charge in [0.25, 0.3) is 0 Å². The van der Waals surface area contributed by atoms with Gasteiger partial charge in [-0.2, -0.15) is 0 Å². The molecule has 0 aromatic carbocycles. The summed E-state index contributed by atoms with van der Waals surface area (Å²) in [4.78, 5) is 180. The Kier molecular flexibility index (Phi) is 29.8. The zero-order chi connectivity index (χ0) is 60.3. The van der Waals surface area contributed by atoms with Crippen LogP contribution in [0.3, 0.4) is 0 Å². The molecule has 0 aliphatic rings. The Morgan fingerprint density at radius 1 is 0.506 bits per heavy atom. The molecule has 0 radical (unpaired) electrons. The van der Waals surface area contributed by atoms with Crippen molar-refractivity contribution in [1.82, 2.24) is 52.5 Å². The number of carboxylic acids is 2. The molecule has 1 aromatic rings. The fourth-order valence-electron chi connectivity index (χ4n) is 7.56. The molecule has 32 nitrogen and oxygen atoms in total. The number of hydrogen-bond donors (Lipinski definition) is 17. The highest BCUT2D eigenvalue weighted by molar-refractivity contribution is 6.00. The summed E-state index contributed by atoms with van der Waals surface area (Å²) in [5.41, 5.74) is 33.0. The molecule has 0 saturated carbocycles. The van der Waals surface area contributed by atoms with E-state index in [0.717, 1.165) is 0 Å². The summed E-state index contributed by atoms with van der Waals surface area (Å²) in [5, 5.41) is 38.1. The first-order chi connectivity index (χ1) is 36.8. The first-order valence-electron chi connectivity index (χ1n) is 25.3. The SMILES string of the molecule is CC(C)C[C@H](NC(=O)[C@H](Cc1cnc[nH]1)NC(=O)[C@H](CC(C)C)NC(=O)[C@H](CCC(=O)O)NC(=O)[C@H](CCCN=C(N)N)NC(=O)[C@@H](N)CC(C)C)C(=O)N[C@@H](CC(N)=O)C(=O)N[C@@H](CC(N)=O)C(=O)N[C@@H](CC(N)=O)C(=O)O. The number of aromatic amines is 1. The van der Waals surface area contributed by atoms with Crippen LogP contribution in [0.4, 0.5) is 0 Å². The van der Waals surface area contributed by atoms with Crippen LogP contribution in [0.25, 0.3) is 0 Å². The van der Waals surface area contributed by atoms with Gasteiger partial charge in [-0.1, -0.05) is 41.5 Å². The number of guanidine groups is 1. The Labute approximate surface area is 455 Å². The van der Waals surface area contributed by atoms with Crippen LogP contribution in [0.5, 0.6) is 0 Å². The van der Waals surface area contributed by atoms with E-state index in [-0.39, 0.29) is 68.8 Å². The Bertz CT molecular complexity index is 2330. The van der Waals surface area contributed by atoms with Crippen LogP contribution in [0.2, 0.25) is 0 Å². The molecule has 32 heteroatoms. The van der Waals surface area contributed by atoms with Crippen molar-refractivity contribution in [3.05, 3.63) is 18.2 Å².